The Kier molecular flexibility index (Phi) is 5.02. The molecule has 5 heteroatoms. The van der Waals surface area contributed by atoms with Crippen molar-refractivity contribution in [2.75, 3.05) is 26.2 Å². The van der Waals surface area contributed by atoms with Gasteiger partial charge in [-0.1, -0.05) is 26.7 Å². The average molecular weight is 281 g/mol. The molecule has 2 N–H and O–H groups in total. The van der Waals surface area contributed by atoms with Crippen molar-refractivity contribution in [1.82, 2.24) is 9.80 Å². The maximum absolute atomic E-state index is 12.2. The Balaban J connectivity index is 1.85. The molecule has 1 heterocycles. The molecule has 1 saturated heterocycles. The maximum Gasteiger partial charge on any atom is 0.242 e. The molecule has 0 aromatic rings. The minimum absolute atomic E-state index is 0.0763. The van der Waals surface area contributed by atoms with E-state index in [1.165, 1.54) is 25.7 Å². The van der Waals surface area contributed by atoms with E-state index in [0.717, 1.165) is 6.54 Å². The quantitative estimate of drug-likeness (QED) is 0.830. The minimum atomic E-state index is -0.496. The first-order chi connectivity index (χ1) is 9.49. The number of amides is 2. The molecule has 20 heavy (non-hydrogen) atoms. The van der Waals surface area contributed by atoms with Gasteiger partial charge in [-0.15, -0.1) is 0 Å². The summed E-state index contributed by atoms with van der Waals surface area (Å²) in [5.74, 6) is 0.759. The van der Waals surface area contributed by atoms with Crippen LogP contribution in [-0.4, -0.2) is 53.8 Å². The highest BCUT2D eigenvalue weighted by Gasteiger charge is 2.32. The van der Waals surface area contributed by atoms with E-state index in [2.05, 4.69) is 0 Å². The molecule has 5 nitrogen and oxygen atoms in total. The second-order valence-electron chi connectivity index (χ2n) is 6.52. The van der Waals surface area contributed by atoms with Crippen molar-refractivity contribution in [1.29, 1.82) is 0 Å². The summed E-state index contributed by atoms with van der Waals surface area (Å²) in [5, 5.41) is 0. The van der Waals surface area contributed by atoms with Gasteiger partial charge in [0.15, 0.2) is 0 Å². The lowest BCUT2D eigenvalue weighted by atomic mass is 10.0. The molecular weight excluding hydrogens is 254 g/mol. The average Bonchev–Trinajstić information content (AvgIpc) is 2.92. The van der Waals surface area contributed by atoms with E-state index < -0.39 is 6.04 Å². The van der Waals surface area contributed by atoms with E-state index in [0.29, 0.717) is 19.0 Å². The van der Waals surface area contributed by atoms with Crippen molar-refractivity contribution < 1.29 is 9.59 Å². The molecule has 0 spiro atoms. The Hall–Kier alpha value is -1.10. The largest absolute Gasteiger partial charge is 0.339 e. The topological polar surface area (TPSA) is 66.6 Å². The van der Waals surface area contributed by atoms with E-state index in [4.69, 9.17) is 5.73 Å². The summed E-state index contributed by atoms with van der Waals surface area (Å²) in [6, 6.07) is -0.496. The number of hydrogen-bond acceptors (Lipinski definition) is 3. The second-order valence-corrected chi connectivity index (χ2v) is 6.52. The Bertz CT molecular complexity index is 364. The molecule has 2 rings (SSSR count). The Labute approximate surface area is 121 Å². The summed E-state index contributed by atoms with van der Waals surface area (Å²) in [6.07, 6.45) is 5.07. The van der Waals surface area contributed by atoms with Gasteiger partial charge < -0.3 is 15.5 Å². The Morgan fingerprint density at radius 2 is 1.95 bits per heavy atom. The number of piperazine rings is 1. The molecule has 2 amide bonds. The number of hydrogen-bond donors (Lipinski definition) is 1. The molecular formula is C15H27N3O2. The van der Waals surface area contributed by atoms with E-state index >= 15 is 0 Å². The van der Waals surface area contributed by atoms with Gasteiger partial charge in [-0.25, -0.2) is 0 Å². The van der Waals surface area contributed by atoms with Crippen LogP contribution in [0.3, 0.4) is 0 Å². The summed E-state index contributed by atoms with van der Waals surface area (Å²) in [6.45, 7) is 6.22. The fourth-order valence-electron chi connectivity index (χ4n) is 3.09. The van der Waals surface area contributed by atoms with E-state index in [1.807, 2.05) is 18.7 Å². The van der Waals surface area contributed by atoms with Gasteiger partial charge in [-0.3, -0.25) is 9.59 Å². The maximum atomic E-state index is 12.2. The lowest BCUT2D eigenvalue weighted by Crippen LogP contribution is -2.57. The molecule has 0 unspecified atom stereocenters. The number of rotatable bonds is 4. The SMILES string of the molecule is CC(C)[C@H](N)C(=O)N1CCN(CC2CCCC2)C(=O)C1. The van der Waals surface area contributed by atoms with Crippen LogP contribution in [0.2, 0.25) is 0 Å². The van der Waals surface area contributed by atoms with Gasteiger partial charge in [0.2, 0.25) is 11.8 Å². The first-order valence-electron chi connectivity index (χ1n) is 7.81. The molecule has 1 aliphatic carbocycles. The van der Waals surface area contributed by atoms with Crippen LogP contribution >= 0.6 is 0 Å². The number of carbonyl (C=O) groups excluding carboxylic acids is 2. The van der Waals surface area contributed by atoms with Gasteiger partial charge in [-0.2, -0.15) is 0 Å². The van der Waals surface area contributed by atoms with Crippen molar-refractivity contribution >= 4 is 11.8 Å². The molecule has 2 aliphatic rings. The fourth-order valence-corrected chi connectivity index (χ4v) is 3.09. The molecule has 0 aromatic carbocycles. The second kappa shape index (κ2) is 6.57. The highest BCUT2D eigenvalue weighted by Crippen LogP contribution is 2.26. The predicted molar refractivity (Wildman–Crippen MR) is 77.9 cm³/mol. The third-order valence-corrected chi connectivity index (χ3v) is 4.59. The first kappa shape index (κ1) is 15.3. The van der Waals surface area contributed by atoms with Crippen LogP contribution in [0.5, 0.6) is 0 Å². The zero-order valence-corrected chi connectivity index (χ0v) is 12.7. The van der Waals surface area contributed by atoms with E-state index in [1.54, 1.807) is 4.90 Å². The molecule has 0 bridgehead atoms. The third-order valence-electron chi connectivity index (χ3n) is 4.59. The van der Waals surface area contributed by atoms with Gasteiger partial charge in [0, 0.05) is 19.6 Å². The highest BCUT2D eigenvalue weighted by molar-refractivity contribution is 5.88. The van der Waals surface area contributed by atoms with Crippen LogP contribution in [0.4, 0.5) is 0 Å². The van der Waals surface area contributed by atoms with Crippen LogP contribution < -0.4 is 5.73 Å². The summed E-state index contributed by atoms with van der Waals surface area (Å²) in [4.78, 5) is 27.9. The van der Waals surface area contributed by atoms with Crippen molar-refractivity contribution in [3.8, 4) is 0 Å². The monoisotopic (exact) mass is 281 g/mol. The zero-order chi connectivity index (χ0) is 14.7. The predicted octanol–water partition coefficient (Wildman–Crippen LogP) is 0.831. The number of carbonyl (C=O) groups is 2. The lowest BCUT2D eigenvalue weighted by molar-refractivity contribution is -0.146. The smallest absolute Gasteiger partial charge is 0.242 e. The lowest BCUT2D eigenvalue weighted by Gasteiger charge is -2.37. The molecule has 0 radical (unpaired) electrons. The normalized spacial score (nSPS) is 22.7. The molecule has 1 aliphatic heterocycles. The Morgan fingerprint density at radius 3 is 2.50 bits per heavy atom. The number of nitrogens with two attached hydrogens (primary N) is 1. The molecule has 114 valence electrons. The van der Waals surface area contributed by atoms with Crippen LogP contribution in [0.25, 0.3) is 0 Å². The molecule has 2 fully saturated rings. The standard InChI is InChI=1S/C15H27N3O2/c1-11(2)14(16)15(20)18-8-7-17(13(19)10-18)9-12-5-3-4-6-12/h11-12,14H,3-10,16H2,1-2H3/t14-/m0/s1. The Morgan fingerprint density at radius 1 is 1.30 bits per heavy atom. The summed E-state index contributed by atoms with van der Waals surface area (Å²) >= 11 is 0. The highest BCUT2D eigenvalue weighted by atomic mass is 16.2. The van der Waals surface area contributed by atoms with E-state index in [-0.39, 0.29) is 24.3 Å². The van der Waals surface area contributed by atoms with Gasteiger partial charge in [0.25, 0.3) is 0 Å². The van der Waals surface area contributed by atoms with Crippen molar-refractivity contribution in [2.45, 2.75) is 45.6 Å². The third kappa shape index (κ3) is 3.51. The number of nitrogens with zero attached hydrogens (tertiary/aromatic N) is 2. The van der Waals surface area contributed by atoms with Gasteiger partial charge in [0.1, 0.15) is 0 Å². The molecule has 1 atom stereocenters. The van der Waals surface area contributed by atoms with Crippen LogP contribution in [0, 0.1) is 11.8 Å². The molecule has 1 saturated carbocycles. The van der Waals surface area contributed by atoms with Gasteiger partial charge in [-0.05, 0) is 24.7 Å². The molecule has 0 aromatic heterocycles. The van der Waals surface area contributed by atoms with Crippen molar-refractivity contribution in [2.24, 2.45) is 17.6 Å². The van der Waals surface area contributed by atoms with Crippen LogP contribution in [0.1, 0.15) is 39.5 Å². The zero-order valence-electron chi connectivity index (χ0n) is 12.7. The summed E-state index contributed by atoms with van der Waals surface area (Å²) in [5.41, 5.74) is 5.89. The van der Waals surface area contributed by atoms with Crippen molar-refractivity contribution in [3.05, 3.63) is 0 Å². The minimum Gasteiger partial charge on any atom is -0.339 e. The van der Waals surface area contributed by atoms with E-state index in [9.17, 15) is 9.59 Å². The van der Waals surface area contributed by atoms with Gasteiger partial charge >= 0.3 is 0 Å². The first-order valence-corrected chi connectivity index (χ1v) is 7.81. The summed E-state index contributed by atoms with van der Waals surface area (Å²) in [7, 11) is 0. The summed E-state index contributed by atoms with van der Waals surface area (Å²) < 4.78 is 0. The van der Waals surface area contributed by atoms with Crippen molar-refractivity contribution in [3.63, 3.8) is 0 Å². The fraction of sp³-hybridized carbons (Fsp3) is 0.867. The van der Waals surface area contributed by atoms with Gasteiger partial charge in [0.05, 0.1) is 12.6 Å². The van der Waals surface area contributed by atoms with Crippen LogP contribution in [0.15, 0.2) is 0 Å². The van der Waals surface area contributed by atoms with Crippen LogP contribution in [-0.2, 0) is 9.59 Å².